The quantitative estimate of drug-likeness (QED) is 0.836. The predicted octanol–water partition coefficient (Wildman–Crippen LogP) is 2.18. The largest absolute Gasteiger partial charge is 0.402 e. The highest BCUT2D eigenvalue weighted by atomic mass is 32.2. The smallest absolute Gasteiger partial charge is 0.396 e. The van der Waals surface area contributed by atoms with E-state index in [1.165, 1.54) is 19.1 Å². The molecule has 0 aliphatic carbocycles. The number of hydrogen-bond acceptors (Lipinski definition) is 3. The Morgan fingerprint density at radius 3 is 2.19 bits per heavy atom. The Morgan fingerprint density at radius 1 is 1.19 bits per heavy atom. The molecule has 1 aromatic rings. The third-order valence-corrected chi connectivity index (χ3v) is 4.83. The maximum Gasteiger partial charge on any atom is 0.402 e. The molecule has 1 N–H and O–H groups in total. The van der Waals surface area contributed by atoms with Gasteiger partial charge < -0.3 is 5.11 Å². The second kappa shape index (κ2) is 7.24. The predicted molar refractivity (Wildman–Crippen MR) is 72.3 cm³/mol. The summed E-state index contributed by atoms with van der Waals surface area (Å²) in [6.07, 6.45) is -3.46. The summed E-state index contributed by atoms with van der Waals surface area (Å²) in [6.45, 7) is -0.375. The number of benzene rings is 1. The molecule has 120 valence electrons. The van der Waals surface area contributed by atoms with Crippen molar-refractivity contribution in [3.8, 4) is 0 Å². The summed E-state index contributed by atoms with van der Waals surface area (Å²) < 4.78 is 61.9. The van der Waals surface area contributed by atoms with Crippen LogP contribution in [0.3, 0.4) is 0 Å². The van der Waals surface area contributed by atoms with Crippen molar-refractivity contribution in [2.45, 2.75) is 30.8 Å². The summed E-state index contributed by atoms with van der Waals surface area (Å²) in [5.74, 6) is 0. The zero-order valence-corrected chi connectivity index (χ0v) is 12.4. The Labute approximate surface area is 122 Å². The minimum atomic E-state index is -4.58. The van der Waals surface area contributed by atoms with Crippen LogP contribution in [0.1, 0.15) is 18.9 Å². The summed E-state index contributed by atoms with van der Waals surface area (Å²) in [6, 6.07) is 5.68. The first-order chi connectivity index (χ1) is 9.70. The molecule has 1 aromatic carbocycles. The lowest BCUT2D eigenvalue weighted by Gasteiger charge is -2.21. The lowest BCUT2D eigenvalue weighted by molar-refractivity contribution is -0.135. The van der Waals surface area contributed by atoms with Crippen LogP contribution in [0.25, 0.3) is 0 Å². The van der Waals surface area contributed by atoms with E-state index in [0.29, 0.717) is 17.1 Å². The van der Waals surface area contributed by atoms with Crippen molar-refractivity contribution >= 4 is 10.0 Å². The molecule has 4 nitrogen and oxygen atoms in total. The SMILES string of the molecule is CCN(CC(F)(F)F)S(=O)(=O)c1ccc(CCCO)cc1. The van der Waals surface area contributed by atoms with Crippen LogP contribution in [0.2, 0.25) is 0 Å². The van der Waals surface area contributed by atoms with Crippen molar-refractivity contribution in [2.75, 3.05) is 19.7 Å². The van der Waals surface area contributed by atoms with E-state index in [9.17, 15) is 21.6 Å². The van der Waals surface area contributed by atoms with Crippen molar-refractivity contribution in [1.82, 2.24) is 4.31 Å². The number of nitrogens with zero attached hydrogens (tertiary/aromatic N) is 1. The molecule has 8 heteroatoms. The Balaban J connectivity index is 2.95. The van der Waals surface area contributed by atoms with Gasteiger partial charge in [0, 0.05) is 13.2 Å². The normalized spacial score (nSPS) is 12.9. The van der Waals surface area contributed by atoms with Crippen LogP contribution in [0, 0.1) is 0 Å². The summed E-state index contributed by atoms with van der Waals surface area (Å²) in [5.41, 5.74) is 0.821. The molecule has 0 saturated carbocycles. The van der Waals surface area contributed by atoms with Gasteiger partial charge in [0.05, 0.1) is 4.90 Å². The van der Waals surface area contributed by atoms with Crippen LogP contribution in [-0.2, 0) is 16.4 Å². The third kappa shape index (κ3) is 5.29. The zero-order valence-electron chi connectivity index (χ0n) is 11.6. The highest BCUT2D eigenvalue weighted by Crippen LogP contribution is 2.22. The van der Waals surface area contributed by atoms with Crippen molar-refractivity contribution in [3.05, 3.63) is 29.8 Å². The summed E-state index contributed by atoms with van der Waals surface area (Å²) in [5, 5.41) is 8.72. The lowest BCUT2D eigenvalue weighted by Crippen LogP contribution is -2.38. The fraction of sp³-hybridized carbons (Fsp3) is 0.538. The Bertz CT molecular complexity index is 541. The first-order valence-corrected chi connectivity index (χ1v) is 7.91. The van der Waals surface area contributed by atoms with Gasteiger partial charge in [-0.2, -0.15) is 17.5 Å². The molecule has 0 aliphatic rings. The molecule has 0 spiro atoms. The average molecular weight is 325 g/mol. The van der Waals surface area contributed by atoms with Gasteiger partial charge in [-0.3, -0.25) is 0 Å². The fourth-order valence-corrected chi connectivity index (χ4v) is 3.26. The second-order valence-electron chi connectivity index (χ2n) is 4.52. The van der Waals surface area contributed by atoms with Crippen LogP contribution < -0.4 is 0 Å². The van der Waals surface area contributed by atoms with Gasteiger partial charge >= 0.3 is 6.18 Å². The zero-order chi connectivity index (χ0) is 16.1. The minimum Gasteiger partial charge on any atom is -0.396 e. The minimum absolute atomic E-state index is 0.0231. The number of sulfonamides is 1. The van der Waals surface area contributed by atoms with E-state index in [-0.39, 0.29) is 18.0 Å². The van der Waals surface area contributed by atoms with Crippen molar-refractivity contribution in [1.29, 1.82) is 0 Å². The lowest BCUT2D eigenvalue weighted by atomic mass is 10.1. The molecule has 0 bridgehead atoms. The molecular formula is C13H18F3NO3S. The van der Waals surface area contributed by atoms with Crippen LogP contribution in [0.4, 0.5) is 13.2 Å². The molecule has 0 aliphatic heterocycles. The van der Waals surface area contributed by atoms with Crippen LogP contribution in [0.15, 0.2) is 29.2 Å². The molecule has 0 atom stereocenters. The van der Waals surface area contributed by atoms with E-state index >= 15 is 0 Å². The highest BCUT2D eigenvalue weighted by molar-refractivity contribution is 7.89. The van der Waals surface area contributed by atoms with Crippen LogP contribution >= 0.6 is 0 Å². The summed E-state index contributed by atoms with van der Waals surface area (Å²) in [7, 11) is -4.16. The number of aliphatic hydroxyl groups is 1. The average Bonchev–Trinajstić information content (AvgIpc) is 2.41. The van der Waals surface area contributed by atoms with E-state index < -0.39 is 22.7 Å². The summed E-state index contributed by atoms with van der Waals surface area (Å²) in [4.78, 5) is -0.165. The van der Waals surface area contributed by atoms with Gasteiger partial charge in [0.25, 0.3) is 0 Å². The first-order valence-electron chi connectivity index (χ1n) is 6.47. The molecule has 21 heavy (non-hydrogen) atoms. The van der Waals surface area contributed by atoms with E-state index in [1.807, 2.05) is 0 Å². The molecule has 0 unspecified atom stereocenters. The van der Waals surface area contributed by atoms with Gasteiger partial charge in [0.2, 0.25) is 10.0 Å². The number of halogens is 3. The molecule has 0 saturated heterocycles. The van der Waals surface area contributed by atoms with Crippen molar-refractivity contribution < 1.29 is 26.7 Å². The van der Waals surface area contributed by atoms with Crippen LogP contribution in [0.5, 0.6) is 0 Å². The van der Waals surface area contributed by atoms with Gasteiger partial charge in [-0.15, -0.1) is 0 Å². The van der Waals surface area contributed by atoms with Gasteiger partial charge in [-0.05, 0) is 30.5 Å². The third-order valence-electron chi connectivity index (χ3n) is 2.89. The Kier molecular flexibility index (Phi) is 6.18. The Hall–Kier alpha value is -1.12. The molecular weight excluding hydrogens is 307 g/mol. The Morgan fingerprint density at radius 2 is 1.76 bits per heavy atom. The fourth-order valence-electron chi connectivity index (χ4n) is 1.83. The van der Waals surface area contributed by atoms with E-state index in [1.54, 1.807) is 12.1 Å². The first kappa shape index (κ1) is 17.9. The molecule has 0 heterocycles. The second-order valence-corrected chi connectivity index (χ2v) is 6.46. The van der Waals surface area contributed by atoms with Gasteiger partial charge in [0.1, 0.15) is 6.54 Å². The van der Waals surface area contributed by atoms with Gasteiger partial charge in [0.15, 0.2) is 0 Å². The molecule has 0 aromatic heterocycles. The van der Waals surface area contributed by atoms with Gasteiger partial charge in [-0.25, -0.2) is 8.42 Å². The molecule has 1 rings (SSSR count). The van der Waals surface area contributed by atoms with Crippen LogP contribution in [-0.4, -0.2) is 43.7 Å². The summed E-state index contributed by atoms with van der Waals surface area (Å²) >= 11 is 0. The van der Waals surface area contributed by atoms with Crippen molar-refractivity contribution in [2.24, 2.45) is 0 Å². The van der Waals surface area contributed by atoms with Gasteiger partial charge in [-0.1, -0.05) is 19.1 Å². The number of aryl methyl sites for hydroxylation is 1. The maximum atomic E-state index is 12.4. The number of alkyl halides is 3. The maximum absolute atomic E-state index is 12.4. The number of aliphatic hydroxyl groups excluding tert-OH is 1. The molecule has 0 amide bonds. The number of rotatable bonds is 7. The van der Waals surface area contributed by atoms with E-state index in [4.69, 9.17) is 5.11 Å². The van der Waals surface area contributed by atoms with E-state index in [0.717, 1.165) is 5.56 Å². The topological polar surface area (TPSA) is 57.6 Å². The highest BCUT2D eigenvalue weighted by Gasteiger charge is 2.36. The standard InChI is InChI=1S/C13H18F3NO3S/c1-2-17(10-13(14,15)16)21(19,20)12-7-5-11(6-8-12)4-3-9-18/h5-8,18H,2-4,9-10H2,1H3. The molecule has 0 radical (unpaired) electrons. The van der Waals surface area contributed by atoms with E-state index in [2.05, 4.69) is 0 Å². The number of hydrogen-bond donors (Lipinski definition) is 1. The molecule has 0 fully saturated rings. The van der Waals surface area contributed by atoms with Crippen molar-refractivity contribution in [3.63, 3.8) is 0 Å². The monoisotopic (exact) mass is 325 g/mol.